The van der Waals surface area contributed by atoms with E-state index in [1.165, 1.54) is 5.56 Å². The molecule has 0 radical (unpaired) electrons. The van der Waals surface area contributed by atoms with E-state index in [4.69, 9.17) is 0 Å². The van der Waals surface area contributed by atoms with Gasteiger partial charge in [-0.05, 0) is 40.5 Å². The van der Waals surface area contributed by atoms with Crippen LogP contribution in [-0.2, 0) is 6.54 Å². The van der Waals surface area contributed by atoms with Crippen molar-refractivity contribution in [1.82, 2.24) is 9.78 Å². The van der Waals surface area contributed by atoms with Crippen molar-refractivity contribution in [2.24, 2.45) is 0 Å². The molecule has 0 aliphatic carbocycles. The molecule has 1 N–H and O–H groups in total. The first-order chi connectivity index (χ1) is 11.1. The van der Waals surface area contributed by atoms with E-state index in [1.807, 2.05) is 54.1 Å². The lowest BCUT2D eigenvalue weighted by atomic mass is 10.2. The van der Waals surface area contributed by atoms with E-state index < -0.39 is 0 Å². The van der Waals surface area contributed by atoms with Crippen LogP contribution >= 0.6 is 15.9 Å². The molecule has 0 aliphatic heterocycles. The van der Waals surface area contributed by atoms with Crippen molar-refractivity contribution in [3.05, 3.63) is 82.0 Å². The van der Waals surface area contributed by atoms with Gasteiger partial charge in [0.1, 0.15) is 0 Å². The zero-order valence-corrected chi connectivity index (χ0v) is 14.2. The van der Waals surface area contributed by atoms with Crippen molar-refractivity contribution in [2.75, 3.05) is 5.32 Å². The van der Waals surface area contributed by atoms with Gasteiger partial charge in [-0.2, -0.15) is 5.10 Å². The Balaban J connectivity index is 1.76. The summed E-state index contributed by atoms with van der Waals surface area (Å²) in [5.41, 5.74) is 2.75. The van der Waals surface area contributed by atoms with Crippen LogP contribution in [0.2, 0.25) is 0 Å². The molecule has 5 heteroatoms. The number of hydrogen-bond donors (Lipinski definition) is 1. The van der Waals surface area contributed by atoms with Crippen molar-refractivity contribution in [3.8, 4) is 0 Å². The van der Waals surface area contributed by atoms with Gasteiger partial charge in [0.25, 0.3) is 5.91 Å². The number of carbonyl (C=O) groups is 1. The van der Waals surface area contributed by atoms with Gasteiger partial charge in [0, 0.05) is 16.2 Å². The summed E-state index contributed by atoms with van der Waals surface area (Å²) in [4.78, 5) is 12.3. The highest BCUT2D eigenvalue weighted by atomic mass is 79.9. The fourth-order valence-electron chi connectivity index (χ4n) is 2.32. The zero-order chi connectivity index (χ0) is 16.2. The lowest BCUT2D eigenvalue weighted by molar-refractivity contribution is 0.102. The van der Waals surface area contributed by atoms with Crippen molar-refractivity contribution in [1.29, 1.82) is 0 Å². The molecule has 1 aromatic heterocycles. The molecule has 1 amide bonds. The topological polar surface area (TPSA) is 46.9 Å². The van der Waals surface area contributed by atoms with Crippen LogP contribution in [-0.4, -0.2) is 15.7 Å². The van der Waals surface area contributed by atoms with Crippen LogP contribution < -0.4 is 5.32 Å². The number of aromatic nitrogens is 2. The third-order valence-electron chi connectivity index (χ3n) is 3.52. The molecule has 0 saturated carbocycles. The highest BCUT2D eigenvalue weighted by Crippen LogP contribution is 2.18. The number of halogens is 1. The zero-order valence-electron chi connectivity index (χ0n) is 12.7. The second-order valence-corrected chi connectivity index (χ2v) is 6.10. The number of nitrogens with zero attached hydrogens (tertiary/aromatic N) is 2. The number of aryl methyl sites for hydroxylation is 1. The summed E-state index contributed by atoms with van der Waals surface area (Å²) in [5.74, 6) is 0.376. The number of benzene rings is 2. The molecule has 3 rings (SSSR count). The lowest BCUT2D eigenvalue weighted by Crippen LogP contribution is -2.13. The maximum absolute atomic E-state index is 12.3. The molecule has 23 heavy (non-hydrogen) atoms. The number of amides is 1. The summed E-state index contributed by atoms with van der Waals surface area (Å²) in [6, 6.07) is 19.3. The summed E-state index contributed by atoms with van der Waals surface area (Å²) < 4.78 is 2.64. The summed E-state index contributed by atoms with van der Waals surface area (Å²) in [6.45, 7) is 2.65. The normalized spacial score (nSPS) is 10.5. The average molecular weight is 370 g/mol. The van der Waals surface area contributed by atoms with Gasteiger partial charge in [0.15, 0.2) is 5.82 Å². The number of carbonyl (C=O) groups excluding carboxylic acids is 1. The Morgan fingerprint density at radius 2 is 1.83 bits per heavy atom. The number of anilines is 1. The van der Waals surface area contributed by atoms with Crippen LogP contribution in [0, 0.1) is 6.92 Å². The summed E-state index contributed by atoms with van der Waals surface area (Å²) in [5, 5.41) is 7.31. The quantitative estimate of drug-likeness (QED) is 0.746. The van der Waals surface area contributed by atoms with Gasteiger partial charge in [-0.1, -0.05) is 42.5 Å². The van der Waals surface area contributed by atoms with Crippen molar-refractivity contribution < 1.29 is 4.79 Å². The van der Waals surface area contributed by atoms with Crippen LogP contribution in [0.1, 0.15) is 21.6 Å². The summed E-state index contributed by atoms with van der Waals surface area (Å²) >= 11 is 3.39. The van der Waals surface area contributed by atoms with E-state index in [2.05, 4.69) is 38.5 Å². The Morgan fingerprint density at radius 1 is 1.13 bits per heavy atom. The smallest absolute Gasteiger partial charge is 0.258 e. The maximum Gasteiger partial charge on any atom is 0.258 e. The van der Waals surface area contributed by atoms with Crippen LogP contribution in [0.5, 0.6) is 0 Å². The van der Waals surface area contributed by atoms with E-state index in [9.17, 15) is 4.79 Å². The van der Waals surface area contributed by atoms with Crippen LogP contribution in [0.3, 0.4) is 0 Å². The van der Waals surface area contributed by atoms with Crippen LogP contribution in [0.15, 0.2) is 65.1 Å². The molecule has 3 aromatic rings. The van der Waals surface area contributed by atoms with E-state index in [0.29, 0.717) is 17.9 Å². The monoisotopic (exact) mass is 369 g/mol. The minimum absolute atomic E-state index is 0.179. The minimum atomic E-state index is -0.179. The van der Waals surface area contributed by atoms with Gasteiger partial charge in [-0.3, -0.25) is 9.48 Å². The molecule has 116 valence electrons. The standard InChI is InChI=1S/C18H16BrN3O/c1-13-11-17(20-18(23)15-9-5-6-10-16(15)19)21-22(13)12-14-7-3-2-4-8-14/h2-11H,12H2,1H3,(H,20,21,23). The van der Waals surface area contributed by atoms with Crippen molar-refractivity contribution in [3.63, 3.8) is 0 Å². The highest BCUT2D eigenvalue weighted by molar-refractivity contribution is 9.10. The van der Waals surface area contributed by atoms with E-state index in [1.54, 1.807) is 6.07 Å². The van der Waals surface area contributed by atoms with Crippen molar-refractivity contribution >= 4 is 27.7 Å². The second-order valence-electron chi connectivity index (χ2n) is 5.25. The first-order valence-electron chi connectivity index (χ1n) is 7.28. The van der Waals surface area contributed by atoms with Gasteiger partial charge < -0.3 is 5.32 Å². The molecule has 0 saturated heterocycles. The molecule has 0 bridgehead atoms. The summed E-state index contributed by atoms with van der Waals surface area (Å²) in [7, 11) is 0. The van der Waals surface area contributed by atoms with Crippen LogP contribution in [0.25, 0.3) is 0 Å². The van der Waals surface area contributed by atoms with E-state index in [0.717, 1.165) is 10.2 Å². The second kappa shape index (κ2) is 6.79. The first-order valence-corrected chi connectivity index (χ1v) is 8.07. The minimum Gasteiger partial charge on any atom is -0.305 e. The molecular weight excluding hydrogens is 354 g/mol. The van der Waals surface area contributed by atoms with E-state index in [-0.39, 0.29) is 5.91 Å². The SMILES string of the molecule is Cc1cc(NC(=O)c2ccccc2Br)nn1Cc1ccccc1. The maximum atomic E-state index is 12.3. The molecule has 0 spiro atoms. The van der Waals surface area contributed by atoms with Gasteiger partial charge in [-0.25, -0.2) is 0 Å². The molecule has 0 atom stereocenters. The molecule has 0 fully saturated rings. The molecule has 4 nitrogen and oxygen atoms in total. The third kappa shape index (κ3) is 3.68. The Bertz CT molecular complexity index is 827. The molecule has 0 aliphatic rings. The van der Waals surface area contributed by atoms with Gasteiger partial charge >= 0.3 is 0 Å². The van der Waals surface area contributed by atoms with Gasteiger partial charge in [0.05, 0.1) is 12.1 Å². The average Bonchev–Trinajstić information content (AvgIpc) is 2.88. The highest BCUT2D eigenvalue weighted by Gasteiger charge is 2.12. The lowest BCUT2D eigenvalue weighted by Gasteiger charge is -2.05. The Labute approximate surface area is 143 Å². The summed E-state index contributed by atoms with van der Waals surface area (Å²) in [6.07, 6.45) is 0. The van der Waals surface area contributed by atoms with Crippen LogP contribution in [0.4, 0.5) is 5.82 Å². The predicted octanol–water partition coefficient (Wildman–Crippen LogP) is 4.25. The Hall–Kier alpha value is -2.40. The number of nitrogens with one attached hydrogen (secondary N) is 1. The van der Waals surface area contributed by atoms with Gasteiger partial charge in [-0.15, -0.1) is 0 Å². The fraction of sp³-hybridized carbons (Fsp3) is 0.111. The first kappa shape index (κ1) is 15.5. The molecule has 1 heterocycles. The van der Waals surface area contributed by atoms with Gasteiger partial charge in [0.2, 0.25) is 0 Å². The Kier molecular flexibility index (Phi) is 4.57. The third-order valence-corrected chi connectivity index (χ3v) is 4.21. The van der Waals surface area contributed by atoms with E-state index >= 15 is 0 Å². The largest absolute Gasteiger partial charge is 0.305 e. The molecular formula is C18H16BrN3O. The molecule has 2 aromatic carbocycles. The van der Waals surface area contributed by atoms with Crippen molar-refractivity contribution in [2.45, 2.75) is 13.5 Å². The predicted molar refractivity (Wildman–Crippen MR) is 94.6 cm³/mol. The Morgan fingerprint density at radius 3 is 2.57 bits per heavy atom. The molecule has 0 unspecified atom stereocenters. The number of rotatable bonds is 4. The fourth-order valence-corrected chi connectivity index (χ4v) is 2.78. The number of hydrogen-bond acceptors (Lipinski definition) is 2.